The Morgan fingerprint density at radius 1 is 1.25 bits per heavy atom. The number of primary amides is 1. The number of aromatic nitrogens is 2. The number of carbonyl (C=O) groups is 1. The van der Waals surface area contributed by atoms with E-state index in [1.165, 1.54) is 0 Å². The first-order valence-corrected chi connectivity index (χ1v) is 7.90. The van der Waals surface area contributed by atoms with Crippen molar-refractivity contribution in [1.82, 2.24) is 9.97 Å². The van der Waals surface area contributed by atoms with Crippen LogP contribution in [0.3, 0.4) is 0 Å². The molecule has 0 unspecified atom stereocenters. The predicted octanol–water partition coefficient (Wildman–Crippen LogP) is 3.47. The number of hydrogen-bond acceptors (Lipinski definition) is 4. The number of H-pyrrole nitrogens is 1. The van der Waals surface area contributed by atoms with Gasteiger partial charge in [-0.1, -0.05) is 13.8 Å². The third kappa shape index (κ3) is 3.48. The van der Waals surface area contributed by atoms with Gasteiger partial charge in [0.25, 0.3) is 0 Å². The molecule has 2 aromatic heterocycles. The number of nitrogens with one attached hydrogen (secondary N) is 3. The van der Waals surface area contributed by atoms with E-state index in [9.17, 15) is 4.79 Å². The smallest absolute Gasteiger partial charge is 0.248 e. The van der Waals surface area contributed by atoms with Gasteiger partial charge < -0.3 is 21.4 Å². The minimum Gasteiger partial charge on any atom is -0.383 e. The largest absolute Gasteiger partial charge is 0.383 e. The number of nitrogens with two attached hydrogens (primary N) is 1. The lowest BCUT2D eigenvalue weighted by Crippen LogP contribution is -2.10. The molecule has 0 aliphatic rings. The number of rotatable bonds is 6. The topological polar surface area (TPSA) is 95.8 Å². The third-order valence-corrected chi connectivity index (χ3v) is 3.69. The molecule has 0 aliphatic heterocycles. The average Bonchev–Trinajstić information content (AvgIpc) is 2.96. The summed E-state index contributed by atoms with van der Waals surface area (Å²) in [5.74, 6) is 0.983. The van der Waals surface area contributed by atoms with E-state index in [1.807, 2.05) is 24.4 Å². The number of benzene rings is 1. The summed E-state index contributed by atoms with van der Waals surface area (Å²) in [5, 5.41) is 7.80. The van der Waals surface area contributed by atoms with Gasteiger partial charge in [0.15, 0.2) is 0 Å². The van der Waals surface area contributed by atoms with Crippen molar-refractivity contribution in [3.8, 4) is 0 Å². The molecule has 0 bridgehead atoms. The van der Waals surface area contributed by atoms with Gasteiger partial charge in [-0.05, 0) is 36.2 Å². The Labute approximate surface area is 140 Å². The fraction of sp³-hybridized carbons (Fsp3) is 0.222. The number of pyridine rings is 1. The van der Waals surface area contributed by atoms with Crippen molar-refractivity contribution in [1.29, 1.82) is 0 Å². The molecular formula is C18H21N5O. The Kier molecular flexibility index (Phi) is 4.37. The number of hydrogen-bond donors (Lipinski definition) is 4. The molecule has 1 aromatic carbocycles. The fourth-order valence-electron chi connectivity index (χ4n) is 2.45. The van der Waals surface area contributed by atoms with Gasteiger partial charge in [0.1, 0.15) is 5.82 Å². The molecule has 3 rings (SSSR count). The quantitative estimate of drug-likeness (QED) is 0.558. The van der Waals surface area contributed by atoms with E-state index in [0.717, 1.165) is 34.6 Å². The molecule has 0 saturated carbocycles. The summed E-state index contributed by atoms with van der Waals surface area (Å²) in [6, 6.07) is 9.08. The lowest BCUT2D eigenvalue weighted by atomic mass is 10.2. The number of anilines is 3. The zero-order valence-corrected chi connectivity index (χ0v) is 13.8. The van der Waals surface area contributed by atoms with Crippen LogP contribution >= 0.6 is 0 Å². The summed E-state index contributed by atoms with van der Waals surface area (Å²) in [6.07, 6.45) is 3.64. The molecule has 6 heteroatoms. The maximum atomic E-state index is 11.1. The van der Waals surface area contributed by atoms with Crippen LogP contribution in [0.4, 0.5) is 17.2 Å². The third-order valence-electron chi connectivity index (χ3n) is 3.69. The highest BCUT2D eigenvalue weighted by atomic mass is 16.1. The summed E-state index contributed by atoms with van der Waals surface area (Å²) in [7, 11) is 0. The van der Waals surface area contributed by atoms with Gasteiger partial charge in [-0.15, -0.1) is 0 Å². The maximum Gasteiger partial charge on any atom is 0.248 e. The van der Waals surface area contributed by atoms with E-state index in [4.69, 9.17) is 5.73 Å². The zero-order valence-electron chi connectivity index (χ0n) is 13.8. The zero-order chi connectivity index (χ0) is 17.1. The number of amides is 1. The van der Waals surface area contributed by atoms with Gasteiger partial charge in [0.2, 0.25) is 5.91 Å². The van der Waals surface area contributed by atoms with Crippen molar-refractivity contribution in [2.45, 2.75) is 13.8 Å². The van der Waals surface area contributed by atoms with E-state index in [0.29, 0.717) is 11.5 Å². The summed E-state index contributed by atoms with van der Waals surface area (Å²) < 4.78 is 0. The predicted molar refractivity (Wildman–Crippen MR) is 97.7 cm³/mol. The van der Waals surface area contributed by atoms with Crippen LogP contribution in [-0.4, -0.2) is 22.4 Å². The molecule has 0 spiro atoms. The summed E-state index contributed by atoms with van der Waals surface area (Å²) in [4.78, 5) is 18.7. The number of nitrogens with zero attached hydrogens (tertiary/aromatic N) is 1. The van der Waals surface area contributed by atoms with Gasteiger partial charge >= 0.3 is 0 Å². The van der Waals surface area contributed by atoms with Crippen LogP contribution in [0.5, 0.6) is 0 Å². The molecule has 1 amide bonds. The van der Waals surface area contributed by atoms with Crippen molar-refractivity contribution in [2.75, 3.05) is 17.2 Å². The van der Waals surface area contributed by atoms with Gasteiger partial charge in [-0.2, -0.15) is 0 Å². The lowest BCUT2D eigenvalue weighted by molar-refractivity contribution is 0.100. The van der Waals surface area contributed by atoms with E-state index in [-0.39, 0.29) is 0 Å². The normalized spacial score (nSPS) is 11.0. The van der Waals surface area contributed by atoms with Crippen LogP contribution in [0.2, 0.25) is 0 Å². The molecule has 3 aromatic rings. The second kappa shape index (κ2) is 6.62. The minimum absolute atomic E-state index is 0.431. The molecule has 124 valence electrons. The summed E-state index contributed by atoms with van der Waals surface area (Å²) >= 11 is 0. The molecule has 0 radical (unpaired) electrons. The van der Waals surface area contributed by atoms with Crippen molar-refractivity contribution >= 4 is 34.0 Å². The van der Waals surface area contributed by atoms with Crippen LogP contribution < -0.4 is 16.4 Å². The van der Waals surface area contributed by atoms with Crippen LogP contribution in [0.1, 0.15) is 24.2 Å². The molecule has 5 N–H and O–H groups in total. The highest BCUT2D eigenvalue weighted by Gasteiger charge is 2.07. The van der Waals surface area contributed by atoms with E-state index in [2.05, 4.69) is 34.4 Å². The SMILES string of the molecule is CC(C)CNc1cncc2[nH]c(Nc3ccc(C(N)=O)cc3)cc12. The molecule has 0 saturated heterocycles. The van der Waals surface area contributed by atoms with Gasteiger partial charge in [-0.3, -0.25) is 9.78 Å². The Morgan fingerprint density at radius 2 is 2.00 bits per heavy atom. The summed E-state index contributed by atoms with van der Waals surface area (Å²) in [5.41, 5.74) is 8.58. The Balaban J connectivity index is 1.82. The monoisotopic (exact) mass is 323 g/mol. The first kappa shape index (κ1) is 15.9. The molecule has 2 heterocycles. The minimum atomic E-state index is -0.431. The molecule has 24 heavy (non-hydrogen) atoms. The highest BCUT2D eigenvalue weighted by molar-refractivity contribution is 5.95. The van der Waals surface area contributed by atoms with Gasteiger partial charge in [0.05, 0.1) is 23.6 Å². The first-order valence-electron chi connectivity index (χ1n) is 7.90. The molecule has 0 aliphatic carbocycles. The molecule has 0 fully saturated rings. The number of fused-ring (bicyclic) bond motifs is 1. The van der Waals surface area contributed by atoms with Crippen LogP contribution in [0.25, 0.3) is 10.9 Å². The van der Waals surface area contributed by atoms with Gasteiger partial charge in [0, 0.05) is 23.2 Å². The standard InChI is InChI=1S/C18H21N5O/c1-11(2)8-21-15-9-20-10-16-14(15)7-17(23-16)22-13-5-3-12(4-6-13)18(19)24/h3-7,9-11,21-23H,8H2,1-2H3,(H2,19,24). The second-order valence-corrected chi connectivity index (χ2v) is 6.17. The average molecular weight is 323 g/mol. The van der Waals surface area contributed by atoms with Gasteiger partial charge in [-0.25, -0.2) is 0 Å². The number of carbonyl (C=O) groups excluding carboxylic acids is 1. The summed E-state index contributed by atoms with van der Waals surface area (Å²) in [6.45, 7) is 5.23. The Bertz CT molecular complexity index is 851. The van der Waals surface area contributed by atoms with E-state index in [1.54, 1.807) is 18.3 Å². The van der Waals surface area contributed by atoms with E-state index >= 15 is 0 Å². The van der Waals surface area contributed by atoms with Crippen LogP contribution in [-0.2, 0) is 0 Å². The molecule has 0 atom stereocenters. The highest BCUT2D eigenvalue weighted by Crippen LogP contribution is 2.27. The lowest BCUT2D eigenvalue weighted by Gasteiger charge is -2.09. The van der Waals surface area contributed by atoms with Crippen LogP contribution in [0, 0.1) is 5.92 Å². The molecular weight excluding hydrogens is 302 g/mol. The van der Waals surface area contributed by atoms with Crippen molar-refractivity contribution in [3.63, 3.8) is 0 Å². The van der Waals surface area contributed by atoms with Crippen LogP contribution in [0.15, 0.2) is 42.7 Å². The maximum absolute atomic E-state index is 11.1. The van der Waals surface area contributed by atoms with Crippen molar-refractivity contribution < 1.29 is 4.79 Å². The fourth-order valence-corrected chi connectivity index (χ4v) is 2.45. The molecule has 6 nitrogen and oxygen atoms in total. The number of aromatic amines is 1. The Hall–Kier alpha value is -3.02. The van der Waals surface area contributed by atoms with Crippen molar-refractivity contribution in [2.24, 2.45) is 11.7 Å². The Morgan fingerprint density at radius 3 is 2.67 bits per heavy atom. The second-order valence-electron chi connectivity index (χ2n) is 6.17. The van der Waals surface area contributed by atoms with Crippen molar-refractivity contribution in [3.05, 3.63) is 48.3 Å². The van der Waals surface area contributed by atoms with E-state index < -0.39 is 5.91 Å². The first-order chi connectivity index (χ1) is 11.5.